The second-order valence-electron chi connectivity index (χ2n) is 9.50. The van der Waals surface area contributed by atoms with Crippen LogP contribution < -0.4 is 10.6 Å². The highest BCUT2D eigenvalue weighted by Gasteiger charge is 2.41. The number of nitrogens with one attached hydrogen (secondary N) is 2. The number of carbonyl (C=O) groups is 2. The molecule has 1 aliphatic carbocycles. The van der Waals surface area contributed by atoms with Crippen molar-refractivity contribution < 1.29 is 36.3 Å². The summed E-state index contributed by atoms with van der Waals surface area (Å²) in [5.74, 6) is -1.20. The zero-order valence-corrected chi connectivity index (χ0v) is 21.5. The van der Waals surface area contributed by atoms with Gasteiger partial charge >= 0.3 is 6.18 Å². The summed E-state index contributed by atoms with van der Waals surface area (Å²) in [6.07, 6.45) is 0.301. The van der Waals surface area contributed by atoms with Gasteiger partial charge in [0.1, 0.15) is 5.60 Å². The van der Waals surface area contributed by atoms with Crippen LogP contribution in [-0.4, -0.2) is 73.2 Å². The number of amides is 2. The molecule has 1 aromatic heterocycles. The first-order valence-corrected chi connectivity index (χ1v) is 14.3. The van der Waals surface area contributed by atoms with E-state index in [1.165, 1.54) is 12.3 Å². The van der Waals surface area contributed by atoms with Crippen LogP contribution in [0.5, 0.6) is 0 Å². The van der Waals surface area contributed by atoms with Gasteiger partial charge in [0.05, 0.1) is 23.0 Å². The van der Waals surface area contributed by atoms with Crippen LogP contribution in [0.25, 0.3) is 0 Å². The second-order valence-corrected chi connectivity index (χ2v) is 12.7. The average Bonchev–Trinajstić information content (AvgIpc) is 3.32. The van der Waals surface area contributed by atoms with Crippen LogP contribution >= 0.6 is 11.3 Å². The number of thiazole rings is 1. The first-order valence-electron chi connectivity index (χ1n) is 11.6. The van der Waals surface area contributed by atoms with E-state index in [0.717, 1.165) is 35.8 Å². The summed E-state index contributed by atoms with van der Waals surface area (Å²) in [6.45, 7) is 0.858. The number of benzene rings is 1. The van der Waals surface area contributed by atoms with E-state index in [-0.39, 0.29) is 28.5 Å². The van der Waals surface area contributed by atoms with Crippen LogP contribution in [0.2, 0.25) is 0 Å². The van der Waals surface area contributed by atoms with Crippen LogP contribution in [0, 0.1) is 0 Å². The highest BCUT2D eigenvalue weighted by Crippen LogP contribution is 2.42. The molecule has 3 N–H and O–H groups in total. The predicted molar refractivity (Wildman–Crippen MR) is 129 cm³/mol. The van der Waals surface area contributed by atoms with E-state index >= 15 is 0 Å². The molecular formula is C23H27F3N4O5S2. The molecule has 202 valence electrons. The van der Waals surface area contributed by atoms with E-state index < -0.39 is 39.0 Å². The number of halogens is 3. The molecule has 4 rings (SSSR count). The van der Waals surface area contributed by atoms with Gasteiger partial charge in [-0.15, -0.1) is 11.3 Å². The van der Waals surface area contributed by atoms with Crippen LogP contribution in [0.4, 0.5) is 13.2 Å². The zero-order valence-electron chi connectivity index (χ0n) is 19.9. The van der Waals surface area contributed by atoms with Crippen molar-refractivity contribution in [1.82, 2.24) is 20.5 Å². The van der Waals surface area contributed by atoms with Gasteiger partial charge in [-0.25, -0.2) is 13.4 Å². The second kappa shape index (κ2) is 10.3. The Morgan fingerprint density at radius 2 is 1.92 bits per heavy atom. The number of rotatable bonds is 7. The van der Waals surface area contributed by atoms with E-state index in [1.807, 2.05) is 0 Å². The van der Waals surface area contributed by atoms with E-state index in [9.17, 15) is 36.3 Å². The molecule has 9 nitrogen and oxygen atoms in total. The van der Waals surface area contributed by atoms with E-state index in [4.69, 9.17) is 0 Å². The lowest BCUT2D eigenvalue weighted by molar-refractivity contribution is -0.137. The Balaban J connectivity index is 1.19. The number of sulfone groups is 1. The minimum atomic E-state index is -4.57. The predicted octanol–water partition coefficient (Wildman–Crippen LogP) is 1.93. The summed E-state index contributed by atoms with van der Waals surface area (Å²) in [6, 6.07) is 4.09. The molecule has 0 atom stereocenters. The van der Waals surface area contributed by atoms with Crippen LogP contribution in [-0.2, 0) is 26.4 Å². The Bertz CT molecular complexity index is 1270. The summed E-state index contributed by atoms with van der Waals surface area (Å²) in [4.78, 5) is 31.0. The molecule has 37 heavy (non-hydrogen) atoms. The number of nitrogens with zero attached hydrogens (tertiary/aromatic N) is 2. The molecule has 0 spiro atoms. The molecule has 1 aromatic carbocycles. The fourth-order valence-electron chi connectivity index (χ4n) is 4.62. The number of aromatic nitrogens is 1. The van der Waals surface area contributed by atoms with E-state index in [0.29, 0.717) is 43.6 Å². The monoisotopic (exact) mass is 560 g/mol. The highest BCUT2D eigenvalue weighted by atomic mass is 32.2. The maximum Gasteiger partial charge on any atom is 0.416 e. The lowest BCUT2D eigenvalue weighted by atomic mass is 9.80. The summed E-state index contributed by atoms with van der Waals surface area (Å²) in [5, 5.41) is 16.2. The maximum absolute atomic E-state index is 12.8. The number of alkyl halides is 3. The largest absolute Gasteiger partial charge is 0.416 e. The fourth-order valence-corrected chi connectivity index (χ4v) is 6.53. The highest BCUT2D eigenvalue weighted by molar-refractivity contribution is 7.92. The van der Waals surface area contributed by atoms with Crippen LogP contribution in [0.3, 0.4) is 0 Å². The summed E-state index contributed by atoms with van der Waals surface area (Å²) in [7, 11) is -3.42. The minimum absolute atomic E-state index is 0.00890. The molecule has 2 fully saturated rings. The quantitative estimate of drug-likeness (QED) is 0.472. The van der Waals surface area contributed by atoms with Gasteiger partial charge < -0.3 is 15.7 Å². The zero-order chi connectivity index (χ0) is 27.0. The van der Waals surface area contributed by atoms with Crippen molar-refractivity contribution in [3.8, 4) is 0 Å². The van der Waals surface area contributed by atoms with E-state index in [2.05, 4.69) is 20.5 Å². The molecule has 2 aliphatic rings. The smallest absolute Gasteiger partial charge is 0.384 e. The molecule has 1 aliphatic heterocycles. The fraction of sp³-hybridized carbons (Fsp3) is 0.522. The molecule has 1 saturated heterocycles. The minimum Gasteiger partial charge on any atom is -0.384 e. The van der Waals surface area contributed by atoms with Gasteiger partial charge in [0.25, 0.3) is 5.91 Å². The van der Waals surface area contributed by atoms with Gasteiger partial charge in [-0.2, -0.15) is 13.2 Å². The van der Waals surface area contributed by atoms with Crippen molar-refractivity contribution in [1.29, 1.82) is 0 Å². The normalized spacial score (nSPS) is 23.3. The van der Waals surface area contributed by atoms with Crippen molar-refractivity contribution in [2.45, 2.75) is 53.9 Å². The summed E-state index contributed by atoms with van der Waals surface area (Å²) >= 11 is 0.998. The maximum atomic E-state index is 12.8. The lowest BCUT2D eigenvalue weighted by Crippen LogP contribution is -2.63. The van der Waals surface area contributed by atoms with Gasteiger partial charge in [0, 0.05) is 37.1 Å². The standard InChI is InChI=1S/C23H27F3N4O5S2/c1-37(34,35)21-28-10-18(36-21)22(33)7-5-17(6-8-22)30-12-16(13-30)29-19(31)11-27-20(32)14-3-2-4-15(9-14)23(24,25)26/h2-4,9-10,16-17,33H,5-8,11-13H2,1H3,(H,27,32)(H,29,31)/t17-,22-. The van der Waals surface area contributed by atoms with Crippen molar-refractivity contribution in [2.24, 2.45) is 0 Å². The number of aliphatic hydroxyl groups is 1. The Labute approximate surface area is 216 Å². The van der Waals surface area contributed by atoms with E-state index in [1.54, 1.807) is 0 Å². The number of hydrogen-bond acceptors (Lipinski definition) is 8. The molecule has 0 bridgehead atoms. The Morgan fingerprint density at radius 3 is 2.51 bits per heavy atom. The van der Waals surface area contributed by atoms with Gasteiger partial charge in [-0.3, -0.25) is 14.5 Å². The topological polar surface area (TPSA) is 129 Å². The molecule has 2 heterocycles. The molecule has 0 radical (unpaired) electrons. The summed E-state index contributed by atoms with van der Waals surface area (Å²) < 4.78 is 61.8. The van der Waals surface area contributed by atoms with Crippen molar-refractivity contribution in [3.05, 3.63) is 46.5 Å². The molecule has 0 unspecified atom stereocenters. The number of carbonyl (C=O) groups excluding carboxylic acids is 2. The summed E-state index contributed by atoms with van der Waals surface area (Å²) in [5.41, 5.74) is -2.22. The molecule has 2 aromatic rings. The molecule has 2 amide bonds. The van der Waals surface area contributed by atoms with Gasteiger partial charge in [0.2, 0.25) is 20.1 Å². The van der Waals surface area contributed by atoms with Crippen molar-refractivity contribution in [3.63, 3.8) is 0 Å². The van der Waals surface area contributed by atoms with Gasteiger partial charge in [-0.1, -0.05) is 6.07 Å². The van der Waals surface area contributed by atoms with Crippen LogP contribution in [0.15, 0.2) is 34.8 Å². The SMILES string of the molecule is CS(=O)(=O)c1ncc([C@]2(O)CC[C@H](N3CC(NC(=O)CNC(=O)c4cccc(C(F)(F)F)c4)C3)CC2)s1. The average molecular weight is 561 g/mol. The molecular weight excluding hydrogens is 533 g/mol. The third-order valence-corrected chi connectivity index (χ3v) is 9.58. The van der Waals surface area contributed by atoms with Crippen molar-refractivity contribution in [2.75, 3.05) is 25.9 Å². The molecule has 14 heteroatoms. The Kier molecular flexibility index (Phi) is 7.66. The first-order chi connectivity index (χ1) is 17.2. The number of likely N-dealkylation sites (tertiary alicyclic amines) is 1. The third-order valence-electron chi connectivity index (χ3n) is 6.70. The first kappa shape index (κ1) is 27.5. The number of hydrogen-bond donors (Lipinski definition) is 3. The Morgan fingerprint density at radius 1 is 1.24 bits per heavy atom. The third kappa shape index (κ3) is 6.48. The van der Waals surface area contributed by atoms with Crippen molar-refractivity contribution >= 4 is 33.0 Å². The van der Waals surface area contributed by atoms with Crippen LogP contribution in [0.1, 0.15) is 46.5 Å². The Hall–Kier alpha value is -2.55. The van der Waals surface area contributed by atoms with Gasteiger partial charge in [0.15, 0.2) is 0 Å². The lowest BCUT2D eigenvalue weighted by Gasteiger charge is -2.48. The molecule has 1 saturated carbocycles. The van der Waals surface area contributed by atoms with Gasteiger partial charge in [-0.05, 0) is 43.9 Å².